The molecule has 0 radical (unpaired) electrons. The first-order chi connectivity index (χ1) is 13.8. The fourth-order valence-electron chi connectivity index (χ4n) is 2.57. The van der Waals surface area contributed by atoms with Crippen molar-refractivity contribution >= 4 is 11.5 Å². The molecule has 0 unspecified atom stereocenters. The van der Waals surface area contributed by atoms with Gasteiger partial charge in [0.2, 0.25) is 0 Å². The molecule has 0 aliphatic rings. The molecule has 3 N–H and O–H groups in total. The summed E-state index contributed by atoms with van der Waals surface area (Å²) in [6.07, 6.45) is 5.84. The van der Waals surface area contributed by atoms with Crippen molar-refractivity contribution in [2.45, 2.75) is 19.8 Å². The second kappa shape index (κ2) is 13.3. The van der Waals surface area contributed by atoms with Crippen LogP contribution in [0.1, 0.15) is 17.7 Å². The Kier molecular flexibility index (Phi) is 10.1. The highest BCUT2D eigenvalue weighted by atomic mass is 15.0. The Morgan fingerprint density at radius 3 is 2.21 bits per heavy atom. The largest absolute Gasteiger partial charge is 0.382 e. The molecule has 0 aliphatic carbocycles. The Morgan fingerprint density at radius 1 is 0.821 bits per heavy atom. The smallest absolute Gasteiger partial charge is 0.149 e. The Hall–Kier alpha value is -2.92. The van der Waals surface area contributed by atoms with E-state index in [1.807, 2.05) is 68.7 Å². The van der Waals surface area contributed by atoms with Crippen molar-refractivity contribution < 1.29 is 0 Å². The average molecular weight is 378 g/mol. The first kappa shape index (κ1) is 21.4. The molecular weight excluding hydrogens is 346 g/mol. The van der Waals surface area contributed by atoms with E-state index < -0.39 is 0 Å². The average Bonchev–Trinajstić information content (AvgIpc) is 2.76. The van der Waals surface area contributed by atoms with Crippen molar-refractivity contribution in [2.75, 3.05) is 37.3 Å². The van der Waals surface area contributed by atoms with Gasteiger partial charge in [-0.15, -0.1) is 0 Å². The molecule has 0 aliphatic heterocycles. The zero-order valence-corrected chi connectivity index (χ0v) is 16.9. The number of benzene rings is 1. The fraction of sp³-hybridized carbons (Fsp3) is 0.304. The topological polar surface area (TPSA) is 61.9 Å². The zero-order chi connectivity index (χ0) is 19.9. The van der Waals surface area contributed by atoms with E-state index in [9.17, 15) is 0 Å². The van der Waals surface area contributed by atoms with Gasteiger partial charge in [0.1, 0.15) is 5.82 Å². The van der Waals surface area contributed by atoms with Gasteiger partial charge >= 0.3 is 0 Å². The summed E-state index contributed by atoms with van der Waals surface area (Å²) in [6.45, 7) is 4.93. The number of aromatic nitrogens is 2. The van der Waals surface area contributed by atoms with Gasteiger partial charge in [0.05, 0.1) is 5.69 Å². The first-order valence-corrected chi connectivity index (χ1v) is 9.78. The fourth-order valence-corrected chi connectivity index (χ4v) is 2.57. The van der Waals surface area contributed by atoms with Crippen LogP contribution in [0.4, 0.5) is 11.5 Å². The summed E-state index contributed by atoms with van der Waals surface area (Å²) in [5.41, 5.74) is 3.40. The monoisotopic (exact) mass is 377 g/mol. The lowest BCUT2D eigenvalue weighted by Crippen LogP contribution is -2.21. The molecule has 0 atom stereocenters. The van der Waals surface area contributed by atoms with Gasteiger partial charge in [0.15, 0.2) is 0 Å². The third-order valence-corrected chi connectivity index (χ3v) is 4.12. The molecule has 0 spiro atoms. The molecule has 2 aromatic heterocycles. The van der Waals surface area contributed by atoms with Crippen LogP contribution in [-0.2, 0) is 6.42 Å². The van der Waals surface area contributed by atoms with Crippen LogP contribution in [0.15, 0.2) is 73.1 Å². The lowest BCUT2D eigenvalue weighted by Gasteiger charge is -2.10. The third kappa shape index (κ3) is 8.64. The molecule has 0 saturated carbocycles. The maximum absolute atomic E-state index is 4.31. The summed E-state index contributed by atoms with van der Waals surface area (Å²) in [4.78, 5) is 8.58. The predicted octanol–water partition coefficient (Wildman–Crippen LogP) is 4.15. The number of anilines is 2. The van der Waals surface area contributed by atoms with Crippen LogP contribution in [0.5, 0.6) is 0 Å². The summed E-state index contributed by atoms with van der Waals surface area (Å²) in [7, 11) is 1.88. The molecule has 0 amide bonds. The van der Waals surface area contributed by atoms with Gasteiger partial charge in [0.25, 0.3) is 0 Å². The molecule has 0 saturated heterocycles. The molecule has 0 bridgehead atoms. The van der Waals surface area contributed by atoms with E-state index in [0.29, 0.717) is 0 Å². The van der Waals surface area contributed by atoms with Crippen molar-refractivity contribution in [2.24, 2.45) is 0 Å². The van der Waals surface area contributed by atoms with E-state index in [0.717, 1.165) is 49.7 Å². The minimum absolute atomic E-state index is 0.891. The number of aryl methyl sites for hydroxylation is 1. The molecule has 5 nitrogen and oxygen atoms in total. The molecule has 3 rings (SSSR count). The van der Waals surface area contributed by atoms with Crippen molar-refractivity contribution in [3.63, 3.8) is 0 Å². The first-order valence-electron chi connectivity index (χ1n) is 9.78. The Balaban J connectivity index is 0.000000397. The molecule has 1 aromatic carbocycles. The Morgan fingerprint density at radius 2 is 1.57 bits per heavy atom. The highest BCUT2D eigenvalue weighted by molar-refractivity contribution is 5.63. The van der Waals surface area contributed by atoms with Gasteiger partial charge in [-0.1, -0.05) is 42.5 Å². The van der Waals surface area contributed by atoms with Crippen molar-refractivity contribution in [3.8, 4) is 0 Å². The molecule has 5 heteroatoms. The lowest BCUT2D eigenvalue weighted by molar-refractivity contribution is 0.659. The summed E-state index contributed by atoms with van der Waals surface area (Å²) in [5.74, 6) is 0.891. The summed E-state index contributed by atoms with van der Waals surface area (Å²) in [5, 5.41) is 9.95. The summed E-state index contributed by atoms with van der Waals surface area (Å²) < 4.78 is 0. The molecular formula is C23H31N5. The minimum Gasteiger partial charge on any atom is -0.382 e. The normalized spacial score (nSPS) is 9.93. The van der Waals surface area contributed by atoms with Crippen LogP contribution in [0.25, 0.3) is 0 Å². The van der Waals surface area contributed by atoms with Gasteiger partial charge < -0.3 is 16.0 Å². The Labute approximate surface area is 168 Å². The molecule has 3 aromatic rings. The van der Waals surface area contributed by atoms with Crippen molar-refractivity contribution in [1.82, 2.24) is 15.3 Å². The van der Waals surface area contributed by atoms with Crippen molar-refractivity contribution in [3.05, 3.63) is 84.3 Å². The summed E-state index contributed by atoms with van der Waals surface area (Å²) in [6, 6.07) is 20.2. The predicted molar refractivity (Wildman–Crippen MR) is 119 cm³/mol. The number of hydrogen-bond acceptors (Lipinski definition) is 5. The van der Waals surface area contributed by atoms with E-state index >= 15 is 0 Å². The van der Waals surface area contributed by atoms with Gasteiger partial charge in [-0.25, -0.2) is 4.98 Å². The van der Waals surface area contributed by atoms with Crippen LogP contribution in [0.2, 0.25) is 0 Å². The van der Waals surface area contributed by atoms with Crippen molar-refractivity contribution in [1.29, 1.82) is 0 Å². The maximum Gasteiger partial charge on any atom is 0.149 e. The highest BCUT2D eigenvalue weighted by Crippen LogP contribution is 2.16. The van der Waals surface area contributed by atoms with Crippen LogP contribution in [0.3, 0.4) is 0 Å². The van der Waals surface area contributed by atoms with E-state index in [1.54, 1.807) is 6.20 Å². The van der Waals surface area contributed by atoms with E-state index in [2.05, 4.69) is 38.1 Å². The lowest BCUT2D eigenvalue weighted by atomic mass is 10.2. The minimum atomic E-state index is 0.891. The zero-order valence-electron chi connectivity index (χ0n) is 16.9. The number of pyridine rings is 2. The summed E-state index contributed by atoms with van der Waals surface area (Å²) >= 11 is 0. The van der Waals surface area contributed by atoms with Crippen LogP contribution < -0.4 is 16.0 Å². The molecule has 148 valence electrons. The van der Waals surface area contributed by atoms with Crippen LogP contribution in [-0.4, -0.2) is 36.6 Å². The van der Waals surface area contributed by atoms with E-state index in [4.69, 9.17) is 0 Å². The highest BCUT2D eigenvalue weighted by Gasteiger charge is 1.99. The SMILES string of the molecule is CNc1ncccc1NCCCNCCc1ccc(C)nc1.c1ccccc1. The van der Waals surface area contributed by atoms with Gasteiger partial charge in [-0.3, -0.25) is 4.98 Å². The second-order valence-electron chi connectivity index (χ2n) is 6.39. The number of nitrogens with zero attached hydrogens (tertiary/aromatic N) is 2. The van der Waals surface area contributed by atoms with E-state index in [-0.39, 0.29) is 0 Å². The van der Waals surface area contributed by atoms with Gasteiger partial charge in [0, 0.05) is 31.7 Å². The molecule has 28 heavy (non-hydrogen) atoms. The van der Waals surface area contributed by atoms with Crippen LogP contribution >= 0.6 is 0 Å². The second-order valence-corrected chi connectivity index (χ2v) is 6.39. The number of hydrogen-bond donors (Lipinski definition) is 3. The standard InChI is InChI=1S/C17H25N5.C6H6/c1-14-6-7-15(13-22-14)8-12-19-9-4-11-20-16-5-3-10-21-17(16)18-2;1-2-4-6-5-3-1/h3,5-7,10,13,19-20H,4,8-9,11-12H2,1-2H3,(H,18,21);1-6H. The number of rotatable bonds is 9. The quantitative estimate of drug-likeness (QED) is 0.489. The molecule has 2 heterocycles. The Bertz CT molecular complexity index is 733. The number of nitrogens with one attached hydrogen (secondary N) is 3. The van der Waals surface area contributed by atoms with Gasteiger partial charge in [-0.2, -0.15) is 0 Å². The maximum atomic E-state index is 4.31. The van der Waals surface area contributed by atoms with Gasteiger partial charge in [-0.05, 0) is 56.6 Å². The molecule has 0 fully saturated rings. The van der Waals surface area contributed by atoms with E-state index in [1.165, 1.54) is 5.56 Å². The third-order valence-electron chi connectivity index (χ3n) is 4.12. The van der Waals surface area contributed by atoms with Crippen LogP contribution in [0, 0.1) is 6.92 Å².